The smallest absolute Gasteiger partial charge is 0.191 e. The molecule has 0 amide bonds. The summed E-state index contributed by atoms with van der Waals surface area (Å²) in [6.45, 7) is 10.3. The zero-order chi connectivity index (χ0) is 19.1. The van der Waals surface area contributed by atoms with Crippen LogP contribution in [0.25, 0.3) is 0 Å². The van der Waals surface area contributed by atoms with Crippen molar-refractivity contribution >= 4 is 35.8 Å². The molecule has 7 heteroatoms. The number of piperazine rings is 1. The van der Waals surface area contributed by atoms with Gasteiger partial charge in [0.2, 0.25) is 0 Å². The number of nitrogens with zero attached hydrogens (tertiary/aromatic N) is 4. The van der Waals surface area contributed by atoms with Crippen LogP contribution in [0, 0.1) is 5.92 Å². The van der Waals surface area contributed by atoms with Gasteiger partial charge >= 0.3 is 0 Å². The quantitative estimate of drug-likeness (QED) is 0.370. The number of halogens is 1. The molecule has 2 aliphatic rings. The van der Waals surface area contributed by atoms with Crippen LogP contribution in [0.5, 0.6) is 0 Å². The van der Waals surface area contributed by atoms with Crippen LogP contribution in [-0.4, -0.2) is 61.7 Å². The number of aromatic nitrogens is 1. The van der Waals surface area contributed by atoms with Gasteiger partial charge in [-0.1, -0.05) is 13.0 Å². The van der Waals surface area contributed by atoms with Crippen molar-refractivity contribution in [1.82, 2.24) is 20.5 Å². The molecule has 1 aliphatic heterocycles. The molecular weight excluding hydrogens is 463 g/mol. The molecule has 0 unspecified atom stereocenters. The van der Waals surface area contributed by atoms with Crippen molar-refractivity contribution in [2.45, 2.75) is 52.1 Å². The predicted octanol–water partition coefficient (Wildman–Crippen LogP) is 3.09. The van der Waals surface area contributed by atoms with Crippen LogP contribution >= 0.6 is 24.0 Å². The Balaban J connectivity index is 0.00000280. The van der Waals surface area contributed by atoms with E-state index >= 15 is 0 Å². The Morgan fingerprint density at radius 3 is 2.57 bits per heavy atom. The Bertz CT molecular complexity index is 607. The zero-order valence-corrected chi connectivity index (χ0v) is 20.0. The van der Waals surface area contributed by atoms with Crippen molar-refractivity contribution in [3.05, 3.63) is 23.9 Å². The molecular formula is C21H37IN6. The zero-order valence-electron chi connectivity index (χ0n) is 17.7. The van der Waals surface area contributed by atoms with Gasteiger partial charge in [-0.2, -0.15) is 0 Å². The van der Waals surface area contributed by atoms with Gasteiger partial charge in [-0.15, -0.1) is 24.0 Å². The molecule has 1 saturated heterocycles. The van der Waals surface area contributed by atoms with Gasteiger partial charge in [-0.25, -0.2) is 9.98 Å². The number of nitrogens with one attached hydrogen (secondary N) is 2. The van der Waals surface area contributed by atoms with Crippen LogP contribution in [0.3, 0.4) is 0 Å². The lowest BCUT2D eigenvalue weighted by atomic mass is 9.87. The molecule has 1 aromatic rings. The number of aliphatic imine (C=N–C) groups is 1. The van der Waals surface area contributed by atoms with E-state index in [1.165, 1.54) is 31.2 Å². The van der Waals surface area contributed by atoms with E-state index in [9.17, 15) is 0 Å². The second-order valence-corrected chi connectivity index (χ2v) is 8.07. The fourth-order valence-corrected chi connectivity index (χ4v) is 3.94. The van der Waals surface area contributed by atoms with Gasteiger partial charge in [0.25, 0.3) is 0 Å². The van der Waals surface area contributed by atoms with Crippen LogP contribution in [0.1, 0.15) is 45.1 Å². The summed E-state index contributed by atoms with van der Waals surface area (Å²) in [6, 6.07) is 4.73. The summed E-state index contributed by atoms with van der Waals surface area (Å²) in [4.78, 5) is 14.3. The highest BCUT2D eigenvalue weighted by atomic mass is 127. The highest BCUT2D eigenvalue weighted by Crippen LogP contribution is 2.23. The normalized spacial score (nSPS) is 23.8. The number of rotatable bonds is 5. The lowest BCUT2D eigenvalue weighted by Gasteiger charge is -2.34. The van der Waals surface area contributed by atoms with Gasteiger partial charge < -0.3 is 20.4 Å². The van der Waals surface area contributed by atoms with Crippen molar-refractivity contribution in [2.75, 3.05) is 44.7 Å². The first kappa shape index (κ1) is 23.2. The predicted molar refractivity (Wildman–Crippen MR) is 129 cm³/mol. The first-order valence-electron chi connectivity index (χ1n) is 10.6. The van der Waals surface area contributed by atoms with Crippen LogP contribution in [0.15, 0.2) is 23.3 Å². The summed E-state index contributed by atoms with van der Waals surface area (Å²) >= 11 is 0. The third-order valence-corrected chi connectivity index (χ3v) is 5.78. The molecule has 2 N–H and O–H groups in total. The fraction of sp³-hybridized carbons (Fsp3) is 0.714. The van der Waals surface area contributed by atoms with Gasteiger partial charge in [-0.05, 0) is 51.6 Å². The van der Waals surface area contributed by atoms with Crippen molar-refractivity contribution in [3.63, 3.8) is 0 Å². The summed E-state index contributed by atoms with van der Waals surface area (Å²) < 4.78 is 0. The van der Waals surface area contributed by atoms with Gasteiger partial charge in [0.1, 0.15) is 5.82 Å². The van der Waals surface area contributed by atoms with Crippen molar-refractivity contribution in [1.29, 1.82) is 0 Å². The molecule has 0 aromatic carbocycles. The highest BCUT2D eigenvalue weighted by molar-refractivity contribution is 14.0. The van der Waals surface area contributed by atoms with E-state index < -0.39 is 0 Å². The summed E-state index contributed by atoms with van der Waals surface area (Å²) in [6.07, 6.45) is 7.00. The van der Waals surface area contributed by atoms with Crippen LogP contribution in [-0.2, 0) is 6.54 Å². The van der Waals surface area contributed by atoms with E-state index in [1.807, 2.05) is 12.3 Å². The molecule has 6 nitrogen and oxygen atoms in total. The summed E-state index contributed by atoms with van der Waals surface area (Å²) in [5.41, 5.74) is 1.21. The first-order valence-corrected chi connectivity index (χ1v) is 10.6. The largest absolute Gasteiger partial charge is 0.357 e. The molecule has 1 aromatic heterocycles. The topological polar surface area (TPSA) is 55.8 Å². The van der Waals surface area contributed by atoms with E-state index in [0.717, 1.165) is 50.4 Å². The van der Waals surface area contributed by atoms with E-state index in [1.54, 1.807) is 0 Å². The number of hydrogen-bond acceptors (Lipinski definition) is 4. The average Bonchev–Trinajstić information content (AvgIpc) is 2.69. The fourth-order valence-electron chi connectivity index (χ4n) is 3.94. The number of guanidine groups is 1. The lowest BCUT2D eigenvalue weighted by molar-refractivity contribution is 0.312. The molecule has 2 fully saturated rings. The Morgan fingerprint density at radius 1 is 1.18 bits per heavy atom. The lowest BCUT2D eigenvalue weighted by Crippen LogP contribution is -2.45. The standard InChI is InChI=1S/C21H36N6.HI/c1-4-22-21(25-19-9-7-17(2)8-10-19)24-16-18-6-5-11-23-20(18)27-14-12-26(3)13-15-27;/h5-6,11,17,19H,4,7-10,12-16H2,1-3H3,(H2,22,24,25);1H. The van der Waals surface area contributed by atoms with Crippen LogP contribution in [0.2, 0.25) is 0 Å². The summed E-state index contributed by atoms with van der Waals surface area (Å²) in [7, 11) is 2.18. The number of anilines is 1. The average molecular weight is 500 g/mol. The minimum absolute atomic E-state index is 0. The van der Waals surface area contributed by atoms with Crippen LogP contribution in [0.4, 0.5) is 5.82 Å². The summed E-state index contributed by atoms with van der Waals surface area (Å²) in [5, 5.41) is 7.07. The number of hydrogen-bond donors (Lipinski definition) is 2. The minimum atomic E-state index is 0. The van der Waals surface area contributed by atoms with Gasteiger partial charge in [0, 0.05) is 50.5 Å². The molecule has 0 spiro atoms. The first-order chi connectivity index (χ1) is 13.2. The SMILES string of the molecule is CCNC(=NCc1cccnc1N1CCN(C)CC1)NC1CCC(C)CC1.I. The monoisotopic (exact) mass is 500 g/mol. The Morgan fingerprint density at radius 2 is 1.89 bits per heavy atom. The number of likely N-dealkylation sites (N-methyl/N-ethyl adjacent to an activating group) is 1. The Labute approximate surface area is 187 Å². The van der Waals surface area contributed by atoms with Gasteiger partial charge in [0.15, 0.2) is 5.96 Å². The molecule has 0 bridgehead atoms. The maximum absolute atomic E-state index is 4.88. The molecule has 2 heterocycles. The molecule has 158 valence electrons. The molecule has 28 heavy (non-hydrogen) atoms. The van der Waals surface area contributed by atoms with E-state index in [4.69, 9.17) is 4.99 Å². The van der Waals surface area contributed by atoms with E-state index in [0.29, 0.717) is 12.6 Å². The van der Waals surface area contributed by atoms with Gasteiger partial charge in [-0.3, -0.25) is 0 Å². The molecule has 3 rings (SSSR count). The van der Waals surface area contributed by atoms with E-state index in [-0.39, 0.29) is 24.0 Å². The Kier molecular flexibility index (Phi) is 9.77. The molecule has 1 saturated carbocycles. The molecule has 0 atom stereocenters. The van der Waals surface area contributed by atoms with Gasteiger partial charge in [0.05, 0.1) is 6.54 Å². The number of pyridine rings is 1. The highest BCUT2D eigenvalue weighted by Gasteiger charge is 2.20. The van der Waals surface area contributed by atoms with Crippen molar-refractivity contribution in [2.24, 2.45) is 10.9 Å². The van der Waals surface area contributed by atoms with Crippen LogP contribution < -0.4 is 15.5 Å². The molecule has 1 aliphatic carbocycles. The third kappa shape index (κ3) is 6.76. The Hall–Kier alpha value is -1.09. The minimum Gasteiger partial charge on any atom is -0.357 e. The second kappa shape index (κ2) is 11.8. The third-order valence-electron chi connectivity index (χ3n) is 5.78. The maximum atomic E-state index is 4.88. The second-order valence-electron chi connectivity index (χ2n) is 8.07. The van der Waals surface area contributed by atoms with E-state index in [2.05, 4.69) is 52.4 Å². The van der Waals surface area contributed by atoms with Crippen molar-refractivity contribution in [3.8, 4) is 0 Å². The molecule has 0 radical (unpaired) electrons. The summed E-state index contributed by atoms with van der Waals surface area (Å²) in [5.74, 6) is 2.89. The van der Waals surface area contributed by atoms with Crippen molar-refractivity contribution < 1.29 is 0 Å². The maximum Gasteiger partial charge on any atom is 0.191 e.